The van der Waals surface area contributed by atoms with E-state index < -0.39 is 0 Å². The van der Waals surface area contributed by atoms with Gasteiger partial charge in [-0.3, -0.25) is 0 Å². The average molecular weight is 596 g/mol. The van der Waals surface area contributed by atoms with Crippen LogP contribution in [-0.4, -0.2) is 63.0 Å². The Morgan fingerprint density at radius 2 is 1.50 bits per heavy atom. The molecule has 0 fully saturated rings. The predicted octanol–water partition coefficient (Wildman–Crippen LogP) is 7.55. The first-order valence-electron chi connectivity index (χ1n) is 17.0. The number of rotatable bonds is 10. The second kappa shape index (κ2) is 11.6. The summed E-state index contributed by atoms with van der Waals surface area (Å²) in [6.45, 7) is 13.4. The van der Waals surface area contributed by atoms with Crippen LogP contribution in [0.3, 0.4) is 0 Å². The third-order valence-electron chi connectivity index (χ3n) is 11.0. The molecule has 0 aliphatic carbocycles. The van der Waals surface area contributed by atoms with E-state index in [1.165, 1.54) is 56.2 Å². The van der Waals surface area contributed by atoms with Crippen LogP contribution in [0.25, 0.3) is 0 Å². The summed E-state index contributed by atoms with van der Waals surface area (Å²) >= 11 is 0. The quantitative estimate of drug-likeness (QED) is 0.210. The van der Waals surface area contributed by atoms with Crippen molar-refractivity contribution in [3.05, 3.63) is 81.6 Å². The lowest BCUT2D eigenvalue weighted by atomic mass is 9.73. The van der Waals surface area contributed by atoms with Crippen LogP contribution in [0.1, 0.15) is 88.5 Å². The van der Waals surface area contributed by atoms with Crippen molar-refractivity contribution in [3.63, 3.8) is 0 Å². The van der Waals surface area contributed by atoms with Gasteiger partial charge in [-0.25, -0.2) is 0 Å². The molecule has 0 N–H and O–H groups in total. The maximum Gasteiger partial charge on any atom is 0.209 e. The standard InChI is InChI=1S/C39H51N2O3/c1-38(2)30-23-26(11-7-9-21-42-5)13-15-32(30)40-19-17-34-28(36(38)40)25-29-35(44-34)18-20-41-33-16-14-27(12-8-10-22-43-6)24-31(33)39(3,4)37(29)41/h13-16,23-25,34-35H,7-12,17-22H2,1-6H3/q+1. The van der Waals surface area contributed by atoms with Crippen LogP contribution in [0.4, 0.5) is 11.4 Å². The molecule has 5 nitrogen and oxygen atoms in total. The molecule has 2 aromatic rings. The number of allylic oxidation sites excluding steroid dienone is 1. The van der Waals surface area contributed by atoms with Crippen molar-refractivity contribution in [1.82, 2.24) is 0 Å². The second-order valence-corrected chi connectivity index (χ2v) is 14.6. The molecule has 0 radical (unpaired) electrons. The fraction of sp³-hybridized carbons (Fsp3) is 0.564. The highest BCUT2D eigenvalue weighted by Crippen LogP contribution is 2.54. The molecular formula is C39H51N2O3+. The first-order chi connectivity index (χ1) is 21.3. The highest BCUT2D eigenvalue weighted by molar-refractivity contribution is 6.08. The van der Waals surface area contributed by atoms with Gasteiger partial charge in [-0.15, -0.1) is 0 Å². The second-order valence-electron chi connectivity index (χ2n) is 14.6. The molecule has 44 heavy (non-hydrogen) atoms. The lowest BCUT2D eigenvalue weighted by Crippen LogP contribution is -2.47. The monoisotopic (exact) mass is 595 g/mol. The summed E-state index contributed by atoms with van der Waals surface area (Å²) in [5, 5.41) is 0. The van der Waals surface area contributed by atoms with Gasteiger partial charge in [0.2, 0.25) is 5.69 Å². The average Bonchev–Trinajstić information content (AvgIpc) is 3.39. The van der Waals surface area contributed by atoms with Gasteiger partial charge in [-0.05, 0) is 93.7 Å². The van der Waals surface area contributed by atoms with Crippen molar-refractivity contribution in [1.29, 1.82) is 0 Å². The molecule has 2 unspecified atom stereocenters. The maximum absolute atomic E-state index is 7.07. The molecule has 0 saturated carbocycles. The molecule has 5 heteroatoms. The SMILES string of the molecule is COCCCCc1ccc2c(c1)C(C)(C)C1=C3C=C4C5=[N+](CCC4OC3CCN12)c1ccc(CCCCOC)cc1C5(C)C. The van der Waals surface area contributed by atoms with Gasteiger partial charge in [0.15, 0.2) is 12.3 Å². The fourth-order valence-corrected chi connectivity index (χ4v) is 8.85. The summed E-state index contributed by atoms with van der Waals surface area (Å²) in [6, 6.07) is 14.5. The number of ether oxygens (including phenoxy) is 3. The smallest absolute Gasteiger partial charge is 0.209 e. The van der Waals surface area contributed by atoms with E-state index in [1.54, 1.807) is 14.2 Å². The zero-order chi connectivity index (χ0) is 30.6. The van der Waals surface area contributed by atoms with Gasteiger partial charge in [-0.2, -0.15) is 4.58 Å². The highest BCUT2D eigenvalue weighted by Gasteiger charge is 2.54. The van der Waals surface area contributed by atoms with Gasteiger partial charge < -0.3 is 19.1 Å². The summed E-state index contributed by atoms with van der Waals surface area (Å²) in [5.74, 6) is 0. The van der Waals surface area contributed by atoms with Gasteiger partial charge in [0, 0.05) is 80.0 Å². The number of anilines is 1. The summed E-state index contributed by atoms with van der Waals surface area (Å²) in [7, 11) is 3.59. The van der Waals surface area contributed by atoms with Crippen LogP contribution in [0.5, 0.6) is 0 Å². The molecule has 0 amide bonds. The number of hydrogen-bond acceptors (Lipinski definition) is 4. The minimum absolute atomic E-state index is 0.0654. The van der Waals surface area contributed by atoms with Crippen LogP contribution >= 0.6 is 0 Å². The Morgan fingerprint density at radius 3 is 2.20 bits per heavy atom. The van der Waals surface area contributed by atoms with E-state index in [4.69, 9.17) is 14.2 Å². The Morgan fingerprint density at radius 1 is 0.818 bits per heavy atom. The number of methoxy groups -OCH3 is 2. The maximum atomic E-state index is 7.07. The van der Waals surface area contributed by atoms with Gasteiger partial charge in [0.25, 0.3) is 0 Å². The minimum atomic E-state index is -0.0654. The van der Waals surface area contributed by atoms with E-state index in [1.807, 2.05) is 0 Å². The van der Waals surface area contributed by atoms with Crippen molar-refractivity contribution in [2.45, 2.75) is 102 Å². The van der Waals surface area contributed by atoms with E-state index >= 15 is 0 Å². The lowest BCUT2D eigenvalue weighted by molar-refractivity contribution is -0.445. The third-order valence-corrected chi connectivity index (χ3v) is 11.0. The topological polar surface area (TPSA) is 33.9 Å². The molecular weight excluding hydrogens is 544 g/mol. The third kappa shape index (κ3) is 4.82. The van der Waals surface area contributed by atoms with Gasteiger partial charge in [-0.1, -0.05) is 32.0 Å². The fourth-order valence-electron chi connectivity index (χ4n) is 8.85. The highest BCUT2D eigenvalue weighted by atomic mass is 16.5. The Labute approximate surface area is 264 Å². The minimum Gasteiger partial charge on any atom is -0.385 e. The Bertz CT molecular complexity index is 1540. The zero-order valence-electron chi connectivity index (χ0n) is 27.8. The first-order valence-corrected chi connectivity index (χ1v) is 17.0. The van der Waals surface area contributed by atoms with Gasteiger partial charge in [0.05, 0.1) is 17.6 Å². The number of aryl methyl sites for hydroxylation is 2. The van der Waals surface area contributed by atoms with Crippen molar-refractivity contribution in [2.24, 2.45) is 0 Å². The summed E-state index contributed by atoms with van der Waals surface area (Å²) < 4.78 is 20.3. The molecule has 5 heterocycles. The van der Waals surface area contributed by atoms with E-state index in [9.17, 15) is 0 Å². The molecule has 0 aromatic heterocycles. The van der Waals surface area contributed by atoms with E-state index in [-0.39, 0.29) is 23.0 Å². The molecule has 0 saturated heterocycles. The number of benzene rings is 2. The van der Waals surface area contributed by atoms with Gasteiger partial charge >= 0.3 is 0 Å². The molecule has 2 aromatic carbocycles. The number of nitrogens with zero attached hydrogens (tertiary/aromatic N) is 2. The van der Waals surface area contributed by atoms with Crippen LogP contribution < -0.4 is 4.90 Å². The van der Waals surface area contributed by atoms with Crippen molar-refractivity contribution < 1.29 is 18.8 Å². The molecule has 0 bridgehead atoms. The van der Waals surface area contributed by atoms with Gasteiger partial charge in [0.1, 0.15) is 0 Å². The first kappa shape index (κ1) is 30.0. The normalized spacial score (nSPS) is 24.0. The van der Waals surface area contributed by atoms with Crippen molar-refractivity contribution in [3.8, 4) is 0 Å². The molecule has 5 aliphatic heterocycles. The number of hydrogen-bond donors (Lipinski definition) is 0. The van der Waals surface area contributed by atoms with E-state index in [2.05, 4.69) is 79.6 Å². The number of unbranched alkanes of at least 4 members (excludes halogenated alkanes) is 2. The van der Waals surface area contributed by atoms with E-state index in [0.29, 0.717) is 0 Å². The van der Waals surface area contributed by atoms with Crippen LogP contribution in [0, 0.1) is 0 Å². The molecule has 0 spiro atoms. The summed E-state index contributed by atoms with van der Waals surface area (Å²) in [5.41, 5.74) is 14.2. The largest absolute Gasteiger partial charge is 0.385 e. The summed E-state index contributed by atoms with van der Waals surface area (Å²) in [6.07, 6.45) is 11.8. The lowest BCUT2D eigenvalue weighted by Gasteiger charge is -2.42. The van der Waals surface area contributed by atoms with E-state index in [0.717, 1.165) is 77.7 Å². The molecule has 2 atom stereocenters. The molecule has 5 aliphatic rings. The Kier molecular flexibility index (Phi) is 7.87. The van der Waals surface area contributed by atoms with Crippen molar-refractivity contribution in [2.75, 3.05) is 45.4 Å². The predicted molar refractivity (Wildman–Crippen MR) is 179 cm³/mol. The van der Waals surface area contributed by atoms with Crippen LogP contribution in [-0.2, 0) is 37.9 Å². The molecule has 234 valence electrons. The Balaban J connectivity index is 1.24. The van der Waals surface area contributed by atoms with Crippen LogP contribution in [0.2, 0.25) is 0 Å². The number of fused-ring (bicyclic) bond motifs is 8. The zero-order valence-corrected chi connectivity index (χ0v) is 27.8. The summed E-state index contributed by atoms with van der Waals surface area (Å²) in [4.78, 5) is 2.62. The van der Waals surface area contributed by atoms with Crippen molar-refractivity contribution >= 4 is 17.1 Å². The molecule has 7 rings (SSSR count). The Hall–Kier alpha value is -2.73. The van der Waals surface area contributed by atoms with Crippen LogP contribution in [0.15, 0.2) is 59.3 Å².